The molecular formula is C19H13Br2ClF3N5O2. The number of halogens is 6. The van der Waals surface area contributed by atoms with Gasteiger partial charge in [0, 0.05) is 27.8 Å². The number of alkyl halides is 3. The zero-order valence-corrected chi connectivity index (χ0v) is 20.0. The van der Waals surface area contributed by atoms with Gasteiger partial charge >= 0.3 is 6.18 Å². The maximum atomic E-state index is 13.3. The molecule has 0 fully saturated rings. The van der Waals surface area contributed by atoms with Crippen LogP contribution in [0.25, 0.3) is 5.82 Å². The van der Waals surface area contributed by atoms with Gasteiger partial charge in [0.15, 0.2) is 11.5 Å². The molecule has 2 aromatic heterocycles. The normalized spacial score (nSPS) is 11.3. The Morgan fingerprint density at radius 1 is 1.19 bits per heavy atom. The van der Waals surface area contributed by atoms with E-state index >= 15 is 0 Å². The summed E-state index contributed by atoms with van der Waals surface area (Å²) in [7, 11) is 0. The van der Waals surface area contributed by atoms with Gasteiger partial charge in [-0.1, -0.05) is 27.5 Å². The Morgan fingerprint density at radius 3 is 2.53 bits per heavy atom. The van der Waals surface area contributed by atoms with Crippen LogP contribution in [0.1, 0.15) is 33.5 Å². The number of pyridine rings is 1. The average molecular weight is 596 g/mol. The van der Waals surface area contributed by atoms with Gasteiger partial charge in [-0.3, -0.25) is 9.59 Å². The first-order chi connectivity index (χ1) is 15.0. The second-order valence-corrected chi connectivity index (χ2v) is 8.43. The van der Waals surface area contributed by atoms with Crippen molar-refractivity contribution in [2.45, 2.75) is 13.1 Å². The summed E-state index contributed by atoms with van der Waals surface area (Å²) < 4.78 is 41.6. The number of carbonyl (C=O) groups is 2. The Kier molecular flexibility index (Phi) is 7.25. The van der Waals surface area contributed by atoms with E-state index in [4.69, 9.17) is 11.6 Å². The lowest BCUT2D eigenvalue weighted by atomic mass is 10.1. The van der Waals surface area contributed by atoms with E-state index in [1.807, 2.05) is 0 Å². The van der Waals surface area contributed by atoms with Crippen molar-refractivity contribution in [2.24, 2.45) is 0 Å². The standard InChI is InChI=1S/C19H13Br2ClF3N5O2/c1-2-26-17(31)10-6-9(20)7-11(21)15(10)28-18(32)13-8-14(19(23,24)25)29-30(13)16-12(22)4-3-5-27-16/h3-8H,2H2,1H3,(H,26,31)(H,28,32). The average Bonchev–Trinajstić information content (AvgIpc) is 3.16. The van der Waals surface area contributed by atoms with Gasteiger partial charge in [0.25, 0.3) is 11.8 Å². The summed E-state index contributed by atoms with van der Waals surface area (Å²) in [6, 6.07) is 6.51. The monoisotopic (exact) mass is 593 g/mol. The van der Waals surface area contributed by atoms with E-state index in [9.17, 15) is 22.8 Å². The quantitative estimate of drug-likeness (QED) is 0.410. The third-order valence-electron chi connectivity index (χ3n) is 4.05. The summed E-state index contributed by atoms with van der Waals surface area (Å²) in [6.45, 7) is 2.05. The first-order valence-corrected chi connectivity index (χ1v) is 10.9. The molecule has 0 unspecified atom stereocenters. The van der Waals surface area contributed by atoms with Crippen molar-refractivity contribution in [1.29, 1.82) is 0 Å². The zero-order chi connectivity index (χ0) is 23.6. The maximum absolute atomic E-state index is 13.3. The van der Waals surface area contributed by atoms with Crippen molar-refractivity contribution < 1.29 is 22.8 Å². The molecule has 0 aliphatic carbocycles. The minimum Gasteiger partial charge on any atom is -0.352 e. The lowest BCUT2D eigenvalue weighted by Crippen LogP contribution is -2.25. The molecule has 0 aliphatic rings. The second-order valence-electron chi connectivity index (χ2n) is 6.26. The molecule has 2 heterocycles. The predicted octanol–water partition coefficient (Wildman–Crippen LogP) is 5.47. The molecule has 0 saturated heterocycles. The Labute approximate surface area is 201 Å². The van der Waals surface area contributed by atoms with Gasteiger partial charge in [0.2, 0.25) is 0 Å². The van der Waals surface area contributed by atoms with E-state index in [2.05, 4.69) is 52.6 Å². The van der Waals surface area contributed by atoms with Crippen LogP contribution in [0, 0.1) is 0 Å². The number of amides is 2. The Bertz CT molecular complexity index is 1200. The molecule has 0 saturated carbocycles. The molecule has 32 heavy (non-hydrogen) atoms. The Morgan fingerprint density at radius 2 is 1.91 bits per heavy atom. The fourth-order valence-corrected chi connectivity index (χ4v) is 4.22. The number of hydrogen-bond donors (Lipinski definition) is 2. The van der Waals surface area contributed by atoms with Crippen LogP contribution < -0.4 is 10.6 Å². The molecule has 2 N–H and O–H groups in total. The van der Waals surface area contributed by atoms with E-state index in [0.29, 0.717) is 26.2 Å². The highest BCUT2D eigenvalue weighted by Gasteiger charge is 2.36. The summed E-state index contributed by atoms with van der Waals surface area (Å²) in [5.74, 6) is -1.60. The van der Waals surface area contributed by atoms with E-state index < -0.39 is 29.4 Å². The number of nitrogens with zero attached hydrogens (tertiary/aromatic N) is 3. The highest BCUT2D eigenvalue weighted by atomic mass is 79.9. The molecule has 168 valence electrons. The molecule has 0 aliphatic heterocycles. The summed E-state index contributed by atoms with van der Waals surface area (Å²) in [5.41, 5.74) is -1.62. The lowest BCUT2D eigenvalue weighted by Gasteiger charge is -2.14. The molecule has 3 aromatic rings. The van der Waals surface area contributed by atoms with Crippen LogP contribution in [0.2, 0.25) is 5.02 Å². The highest BCUT2D eigenvalue weighted by Crippen LogP contribution is 2.33. The molecule has 1 aromatic carbocycles. The lowest BCUT2D eigenvalue weighted by molar-refractivity contribution is -0.141. The third-order valence-corrected chi connectivity index (χ3v) is 5.43. The summed E-state index contributed by atoms with van der Waals surface area (Å²) in [5, 5.41) is 8.58. The van der Waals surface area contributed by atoms with Crippen molar-refractivity contribution in [3.63, 3.8) is 0 Å². The Balaban J connectivity index is 2.11. The van der Waals surface area contributed by atoms with Gasteiger partial charge in [-0.2, -0.15) is 18.3 Å². The summed E-state index contributed by atoms with van der Waals surface area (Å²) in [6.07, 6.45) is -3.51. The van der Waals surface area contributed by atoms with Crippen LogP contribution in [0.3, 0.4) is 0 Å². The smallest absolute Gasteiger partial charge is 0.352 e. The number of benzene rings is 1. The fraction of sp³-hybridized carbons (Fsp3) is 0.158. The van der Waals surface area contributed by atoms with Crippen molar-refractivity contribution in [1.82, 2.24) is 20.1 Å². The SMILES string of the molecule is CCNC(=O)c1cc(Br)cc(Br)c1NC(=O)c1cc(C(F)(F)F)nn1-c1ncccc1Cl. The van der Waals surface area contributed by atoms with Gasteiger partial charge < -0.3 is 10.6 Å². The van der Waals surface area contributed by atoms with Gasteiger partial charge in [0.1, 0.15) is 5.69 Å². The largest absolute Gasteiger partial charge is 0.435 e. The van der Waals surface area contributed by atoms with Gasteiger partial charge in [-0.15, -0.1) is 0 Å². The van der Waals surface area contributed by atoms with Gasteiger partial charge in [-0.25, -0.2) is 9.67 Å². The number of aromatic nitrogens is 3. The van der Waals surface area contributed by atoms with Crippen molar-refractivity contribution in [3.05, 3.63) is 67.4 Å². The first kappa shape index (κ1) is 24.2. The molecule has 0 atom stereocenters. The van der Waals surface area contributed by atoms with Crippen LogP contribution in [-0.2, 0) is 6.18 Å². The van der Waals surface area contributed by atoms with Gasteiger partial charge in [-0.05, 0) is 47.1 Å². The summed E-state index contributed by atoms with van der Waals surface area (Å²) in [4.78, 5) is 29.4. The van der Waals surface area contributed by atoms with Crippen LogP contribution in [0.15, 0.2) is 45.5 Å². The fourth-order valence-electron chi connectivity index (χ4n) is 2.69. The van der Waals surface area contributed by atoms with Crippen molar-refractivity contribution >= 4 is 61.0 Å². The first-order valence-electron chi connectivity index (χ1n) is 8.89. The molecule has 0 bridgehead atoms. The van der Waals surface area contributed by atoms with E-state index in [1.165, 1.54) is 24.4 Å². The van der Waals surface area contributed by atoms with Crippen LogP contribution >= 0.6 is 43.5 Å². The zero-order valence-electron chi connectivity index (χ0n) is 16.1. The second kappa shape index (κ2) is 9.59. The molecule has 13 heteroatoms. The van der Waals surface area contributed by atoms with Crippen molar-refractivity contribution in [3.8, 4) is 5.82 Å². The van der Waals surface area contributed by atoms with Crippen LogP contribution in [0.5, 0.6) is 0 Å². The highest BCUT2D eigenvalue weighted by molar-refractivity contribution is 9.11. The van der Waals surface area contributed by atoms with E-state index in [1.54, 1.807) is 13.0 Å². The number of nitrogens with one attached hydrogen (secondary N) is 2. The topological polar surface area (TPSA) is 88.9 Å². The maximum Gasteiger partial charge on any atom is 0.435 e. The molecule has 2 amide bonds. The molecule has 3 rings (SSSR count). The number of carbonyl (C=O) groups excluding carboxylic acids is 2. The Hall–Kier alpha value is -2.44. The van der Waals surface area contributed by atoms with Crippen LogP contribution in [-0.4, -0.2) is 33.1 Å². The van der Waals surface area contributed by atoms with E-state index in [0.717, 1.165) is 0 Å². The van der Waals surface area contributed by atoms with Crippen LogP contribution in [0.4, 0.5) is 18.9 Å². The predicted molar refractivity (Wildman–Crippen MR) is 119 cm³/mol. The third kappa shape index (κ3) is 5.13. The number of hydrogen-bond acceptors (Lipinski definition) is 4. The van der Waals surface area contributed by atoms with Crippen molar-refractivity contribution in [2.75, 3.05) is 11.9 Å². The molecule has 0 spiro atoms. The van der Waals surface area contributed by atoms with Gasteiger partial charge in [0.05, 0.1) is 16.3 Å². The summed E-state index contributed by atoms with van der Waals surface area (Å²) >= 11 is 12.6. The molecular weight excluding hydrogens is 582 g/mol. The molecule has 0 radical (unpaired) electrons. The minimum absolute atomic E-state index is 0.00814. The minimum atomic E-state index is -4.81. The number of rotatable bonds is 5. The molecule has 7 nitrogen and oxygen atoms in total. The van der Waals surface area contributed by atoms with E-state index in [-0.39, 0.29) is 22.1 Å². The number of anilines is 1.